The number of primary amides is 1. The summed E-state index contributed by atoms with van der Waals surface area (Å²) < 4.78 is 0. The lowest BCUT2D eigenvalue weighted by Crippen LogP contribution is -2.28. The van der Waals surface area contributed by atoms with Gasteiger partial charge in [-0.15, -0.1) is 0 Å². The van der Waals surface area contributed by atoms with E-state index in [0.29, 0.717) is 6.54 Å². The Morgan fingerprint density at radius 1 is 1.43 bits per heavy atom. The van der Waals surface area contributed by atoms with Gasteiger partial charge in [-0.2, -0.15) is 0 Å². The molecule has 1 fully saturated rings. The van der Waals surface area contributed by atoms with Crippen molar-refractivity contribution in [3.8, 4) is 0 Å². The summed E-state index contributed by atoms with van der Waals surface area (Å²) in [6.07, 6.45) is 5.43. The molecule has 1 aliphatic rings. The molecule has 3 N–H and O–H groups in total. The second-order valence-electron chi connectivity index (χ2n) is 5.54. The van der Waals surface area contributed by atoms with Gasteiger partial charge in [0.15, 0.2) is 0 Å². The minimum Gasteiger partial charge on any atom is -0.370 e. The van der Waals surface area contributed by atoms with Crippen molar-refractivity contribution in [1.29, 1.82) is 0 Å². The molecular formula is C15H25N5O. The van der Waals surface area contributed by atoms with Crippen molar-refractivity contribution < 1.29 is 4.79 Å². The molecule has 0 saturated carbocycles. The van der Waals surface area contributed by atoms with Crippen LogP contribution in [0.1, 0.15) is 38.7 Å². The molecule has 1 unspecified atom stereocenters. The van der Waals surface area contributed by atoms with E-state index >= 15 is 0 Å². The van der Waals surface area contributed by atoms with E-state index in [1.54, 1.807) is 6.33 Å². The molecule has 0 radical (unpaired) electrons. The van der Waals surface area contributed by atoms with Crippen molar-refractivity contribution in [1.82, 2.24) is 9.97 Å². The summed E-state index contributed by atoms with van der Waals surface area (Å²) in [5.41, 5.74) is 6.57. The topological polar surface area (TPSA) is 84.1 Å². The molecule has 2 heterocycles. The lowest BCUT2D eigenvalue weighted by Gasteiger charge is -2.22. The van der Waals surface area contributed by atoms with Gasteiger partial charge in [0, 0.05) is 25.2 Å². The molecule has 1 saturated heterocycles. The summed E-state index contributed by atoms with van der Waals surface area (Å²) in [5, 5.41) is 3.38. The first-order chi connectivity index (χ1) is 10.2. The Bertz CT molecular complexity index is 491. The monoisotopic (exact) mass is 291 g/mol. The molecule has 6 nitrogen and oxygen atoms in total. The molecule has 6 heteroatoms. The molecule has 1 aliphatic heterocycles. The van der Waals surface area contributed by atoms with Crippen LogP contribution in [0.2, 0.25) is 0 Å². The minimum atomic E-state index is -0.215. The third-order valence-electron chi connectivity index (χ3n) is 3.86. The van der Waals surface area contributed by atoms with Crippen molar-refractivity contribution in [3.05, 3.63) is 11.9 Å². The number of aromatic nitrogens is 2. The van der Waals surface area contributed by atoms with Crippen LogP contribution in [-0.4, -0.2) is 35.5 Å². The highest BCUT2D eigenvalue weighted by atomic mass is 16.1. The zero-order valence-corrected chi connectivity index (χ0v) is 12.9. The van der Waals surface area contributed by atoms with E-state index in [2.05, 4.69) is 34.0 Å². The molecule has 21 heavy (non-hydrogen) atoms. The Labute approximate surface area is 126 Å². The number of carbonyl (C=O) groups excluding carboxylic acids is 1. The maximum Gasteiger partial charge on any atom is 0.222 e. The molecular weight excluding hydrogens is 266 g/mol. The van der Waals surface area contributed by atoms with Crippen molar-refractivity contribution >= 4 is 17.5 Å². The molecule has 0 spiro atoms. The highest BCUT2D eigenvalue weighted by molar-refractivity contribution is 5.78. The van der Waals surface area contributed by atoms with E-state index < -0.39 is 0 Å². The number of carbonyl (C=O) groups is 1. The molecule has 2 rings (SSSR count). The molecule has 0 bridgehead atoms. The quantitative estimate of drug-likeness (QED) is 0.796. The average Bonchev–Trinajstić information content (AvgIpc) is 2.96. The fourth-order valence-electron chi connectivity index (χ4n) is 2.74. The zero-order chi connectivity index (χ0) is 15.2. The Morgan fingerprint density at radius 3 is 2.86 bits per heavy atom. The predicted molar refractivity (Wildman–Crippen MR) is 84.3 cm³/mol. The summed E-state index contributed by atoms with van der Waals surface area (Å²) in [6, 6.07) is 0. The molecule has 1 aromatic heterocycles. The van der Waals surface area contributed by atoms with Crippen molar-refractivity contribution in [2.75, 3.05) is 29.9 Å². The fourth-order valence-corrected chi connectivity index (χ4v) is 2.74. The Morgan fingerprint density at radius 2 is 2.24 bits per heavy atom. The van der Waals surface area contributed by atoms with Gasteiger partial charge < -0.3 is 16.0 Å². The summed E-state index contributed by atoms with van der Waals surface area (Å²) in [5.74, 6) is 1.59. The minimum absolute atomic E-state index is 0.0681. The summed E-state index contributed by atoms with van der Waals surface area (Å²) in [4.78, 5) is 22.4. The summed E-state index contributed by atoms with van der Waals surface area (Å²) in [7, 11) is 0. The number of nitrogens with zero attached hydrogens (tertiary/aromatic N) is 3. The van der Waals surface area contributed by atoms with E-state index in [4.69, 9.17) is 5.73 Å². The van der Waals surface area contributed by atoms with Crippen LogP contribution < -0.4 is 16.0 Å². The van der Waals surface area contributed by atoms with E-state index in [0.717, 1.165) is 56.0 Å². The van der Waals surface area contributed by atoms with Crippen LogP contribution in [0.15, 0.2) is 6.33 Å². The smallest absolute Gasteiger partial charge is 0.222 e. The second-order valence-corrected chi connectivity index (χ2v) is 5.54. The first-order valence-corrected chi connectivity index (χ1v) is 7.79. The van der Waals surface area contributed by atoms with Crippen LogP contribution in [0.3, 0.4) is 0 Å². The lowest BCUT2D eigenvalue weighted by atomic mass is 10.1. The summed E-state index contributed by atoms with van der Waals surface area (Å²) >= 11 is 0. The van der Waals surface area contributed by atoms with Gasteiger partial charge in [-0.25, -0.2) is 9.97 Å². The summed E-state index contributed by atoms with van der Waals surface area (Å²) in [6.45, 7) is 6.67. The number of anilines is 2. The van der Waals surface area contributed by atoms with Gasteiger partial charge in [-0.1, -0.05) is 20.3 Å². The van der Waals surface area contributed by atoms with Gasteiger partial charge in [-0.05, 0) is 19.3 Å². The van der Waals surface area contributed by atoms with Crippen LogP contribution >= 0.6 is 0 Å². The first kappa shape index (κ1) is 15.5. The largest absolute Gasteiger partial charge is 0.370 e. The van der Waals surface area contributed by atoms with Gasteiger partial charge in [0.05, 0.1) is 5.92 Å². The number of hydrogen-bond donors (Lipinski definition) is 2. The maximum absolute atomic E-state index is 11.3. The lowest BCUT2D eigenvalue weighted by molar-refractivity contribution is -0.121. The van der Waals surface area contributed by atoms with E-state index in [-0.39, 0.29) is 11.8 Å². The van der Waals surface area contributed by atoms with Crippen LogP contribution in [0.5, 0.6) is 0 Å². The highest BCUT2D eigenvalue weighted by Gasteiger charge is 2.29. The van der Waals surface area contributed by atoms with Crippen LogP contribution in [0, 0.1) is 5.92 Å². The number of nitrogens with two attached hydrogens (primary N) is 1. The SMILES string of the molecule is CCCNc1ncnc(N2CCC(C(N)=O)C2)c1CCC. The molecule has 0 aliphatic carbocycles. The van der Waals surface area contributed by atoms with Crippen LogP contribution in [-0.2, 0) is 11.2 Å². The molecule has 116 valence electrons. The third kappa shape index (κ3) is 3.62. The van der Waals surface area contributed by atoms with Crippen LogP contribution in [0.25, 0.3) is 0 Å². The van der Waals surface area contributed by atoms with E-state index in [1.807, 2.05) is 0 Å². The van der Waals surface area contributed by atoms with Gasteiger partial charge in [-0.3, -0.25) is 4.79 Å². The fraction of sp³-hybridized carbons (Fsp3) is 0.667. The van der Waals surface area contributed by atoms with Crippen LogP contribution in [0.4, 0.5) is 11.6 Å². The highest BCUT2D eigenvalue weighted by Crippen LogP contribution is 2.29. The van der Waals surface area contributed by atoms with Gasteiger partial charge >= 0.3 is 0 Å². The molecule has 1 aromatic rings. The average molecular weight is 291 g/mol. The standard InChI is InChI=1S/C15H25N5O/c1-3-5-12-14(17-7-4-2)18-10-19-15(12)20-8-6-11(9-20)13(16)21/h10-11H,3-9H2,1-2H3,(H2,16,21)(H,17,18,19). The zero-order valence-electron chi connectivity index (χ0n) is 12.9. The van der Waals surface area contributed by atoms with E-state index in [1.165, 1.54) is 0 Å². The second kappa shape index (κ2) is 7.24. The third-order valence-corrected chi connectivity index (χ3v) is 3.86. The predicted octanol–water partition coefficient (Wildman–Crippen LogP) is 1.56. The van der Waals surface area contributed by atoms with Gasteiger partial charge in [0.1, 0.15) is 18.0 Å². The normalized spacial score (nSPS) is 18.0. The Kier molecular flexibility index (Phi) is 5.36. The van der Waals surface area contributed by atoms with Crippen molar-refractivity contribution in [2.45, 2.75) is 39.5 Å². The van der Waals surface area contributed by atoms with Gasteiger partial charge in [0.2, 0.25) is 5.91 Å². The van der Waals surface area contributed by atoms with Crippen molar-refractivity contribution in [3.63, 3.8) is 0 Å². The van der Waals surface area contributed by atoms with E-state index in [9.17, 15) is 4.79 Å². The number of amides is 1. The molecule has 0 aromatic carbocycles. The number of nitrogens with one attached hydrogen (secondary N) is 1. The molecule has 1 amide bonds. The number of hydrogen-bond acceptors (Lipinski definition) is 5. The molecule has 1 atom stereocenters. The first-order valence-electron chi connectivity index (χ1n) is 7.79. The maximum atomic E-state index is 11.3. The number of rotatable bonds is 7. The Balaban J connectivity index is 2.23. The van der Waals surface area contributed by atoms with Crippen molar-refractivity contribution in [2.24, 2.45) is 11.7 Å². The Hall–Kier alpha value is -1.85. The van der Waals surface area contributed by atoms with Gasteiger partial charge in [0.25, 0.3) is 0 Å².